The van der Waals surface area contributed by atoms with Crippen LogP contribution in [0.5, 0.6) is 0 Å². The Balaban J connectivity index is 0.000000125. The Morgan fingerprint density at radius 2 is 0.773 bits per heavy atom. The van der Waals surface area contributed by atoms with E-state index in [1.54, 1.807) is 138 Å². The molecule has 46 heteroatoms. The number of rotatable bonds is 22. The third-order valence-electron chi connectivity index (χ3n) is 27.6. The van der Waals surface area contributed by atoms with E-state index in [0.717, 1.165) is 142 Å². The Morgan fingerprint density at radius 1 is 0.380 bits per heavy atom. The smallest absolute Gasteiger partial charge is 0.261 e. The zero-order chi connectivity index (χ0) is 102. The number of amides is 1. The predicted octanol–water partition coefficient (Wildman–Crippen LogP) is 14.4. The monoisotopic (exact) mass is 2060 g/mol. The summed E-state index contributed by atoms with van der Waals surface area (Å²) in [6.45, 7) is 23.4. The molecule has 4 fully saturated rings. The molecule has 3 aromatic carbocycles. The number of pyridine rings is 5. The highest BCUT2D eigenvalue weighted by Crippen LogP contribution is 2.42. The lowest BCUT2D eigenvalue weighted by molar-refractivity contribution is 0.0792. The topological polar surface area (TPSA) is 515 Å². The molecule has 24 rings (SSSR count). The van der Waals surface area contributed by atoms with Crippen molar-refractivity contribution in [2.24, 2.45) is 34.1 Å². The van der Waals surface area contributed by atoms with E-state index >= 15 is 4.39 Å². The molecule has 0 radical (unpaired) electrons. The number of likely N-dealkylation sites (tertiary alicyclic amines) is 1. The number of benzene rings is 3. The van der Waals surface area contributed by atoms with Crippen LogP contribution in [0, 0.1) is 25.6 Å². The van der Waals surface area contributed by atoms with Crippen molar-refractivity contribution in [3.8, 4) is 45.6 Å². The summed E-state index contributed by atoms with van der Waals surface area (Å²) in [4.78, 5) is 162. The number of hydrogen-bond donors (Lipinski definition) is 12. The molecular formula is C104H119FN38O5S2. The number of aromatic nitrogens is 29. The third kappa shape index (κ3) is 20.8. The van der Waals surface area contributed by atoms with Gasteiger partial charge in [0.05, 0.1) is 114 Å². The number of piperidine rings is 2. The van der Waals surface area contributed by atoms with Gasteiger partial charge < -0.3 is 85.6 Å². The lowest BCUT2D eigenvalue weighted by Gasteiger charge is -2.33. The minimum absolute atomic E-state index is 0. The fraction of sp³-hybridized carbons (Fsp3) is 0.346. The van der Waals surface area contributed by atoms with Crippen molar-refractivity contribution in [3.05, 3.63) is 235 Å². The van der Waals surface area contributed by atoms with Crippen LogP contribution in [-0.2, 0) is 28.2 Å². The van der Waals surface area contributed by atoms with Gasteiger partial charge in [-0.1, -0.05) is 20.8 Å². The molecule has 4 aliphatic rings. The first-order valence-electron chi connectivity index (χ1n) is 50.1. The maximum atomic E-state index is 15.2. The van der Waals surface area contributed by atoms with Crippen molar-refractivity contribution < 1.29 is 9.18 Å². The van der Waals surface area contributed by atoms with Gasteiger partial charge in [0.1, 0.15) is 96.4 Å². The number of piperazine rings is 1. The number of aromatic amines is 8. The normalized spacial score (nSPS) is 14.8. The molecular weight excluding hydrogens is 1940 g/mol. The molecule has 0 bridgehead atoms. The van der Waals surface area contributed by atoms with E-state index in [4.69, 9.17) is 15.0 Å². The number of hydrogen-bond acceptors (Lipinski definition) is 30. The highest BCUT2D eigenvalue weighted by Gasteiger charge is 2.33. The Kier molecular flexibility index (Phi) is 29.5. The number of imidazole rings is 4. The van der Waals surface area contributed by atoms with Crippen molar-refractivity contribution in [1.82, 2.24) is 154 Å². The number of fused-ring (bicyclic) bond motifs is 8. The summed E-state index contributed by atoms with van der Waals surface area (Å²) in [5.41, 5.74) is 17.4. The summed E-state index contributed by atoms with van der Waals surface area (Å²) in [7, 11) is 9.38. The van der Waals surface area contributed by atoms with Crippen molar-refractivity contribution in [2.75, 3.05) is 108 Å². The number of likely N-dealkylation sites (N-methyl/N-ethyl adjacent to an activating group) is 1. The molecule has 4 saturated heterocycles. The number of carbonyl (C=O) groups is 1. The van der Waals surface area contributed by atoms with Crippen LogP contribution in [0.4, 0.5) is 44.3 Å². The molecule has 0 spiro atoms. The molecule has 0 saturated carbocycles. The van der Waals surface area contributed by atoms with Crippen LogP contribution in [0.25, 0.3) is 134 Å². The van der Waals surface area contributed by atoms with Gasteiger partial charge in [0.15, 0.2) is 11.6 Å². The quantitative estimate of drug-likeness (QED) is 0.0300. The average Bonchev–Trinajstić information content (AvgIpc) is 1.61. The summed E-state index contributed by atoms with van der Waals surface area (Å²) in [6, 6.07) is 19.4. The van der Waals surface area contributed by atoms with Crippen LogP contribution in [0.15, 0.2) is 166 Å². The van der Waals surface area contributed by atoms with E-state index < -0.39 is 5.82 Å². The SMILES string of the molecule is CC(C)[C@H](Nc1c(-c2nc3cc(N4CCN(C)CC4)ncc3[nH]2)c(=O)[nH]c2cn(C)nc12)c1ncccn1.CC[C@H](Nc1c(-c2nc3cc(N4CCCCC4)c(C)cc3[nH]2)c(=O)[nH]c2cn(C)nc12)c1ncccn1.C[C@H](Nc1c(-c2nc3c(F)cc(N4CCCCC4)cc3[nH]2)c(=O)[nH]c2cn(C)nc12)c1ncccn1.Cc1cc2[nH]c(-c3c(N[C@@H](C)c4ncccn4)c4nn(C)cc4[nH]c3=O)nc2cc1C(=O)N1CCCC1.S.S. The summed E-state index contributed by atoms with van der Waals surface area (Å²) >= 11 is 0. The standard InChI is InChI=1S/C27H31N9O.C26H31N11O.C26H27N9O2.C25H26FN9O.2H2S/c1-4-17(25-28-9-8-10-29-25)30-24-22(27(37)33-20-15-35(3)34-23(20)24)26-31-18-13-16(2)21(14-19(18)32-26)36-11-6-5-7-12-36;1-15(2)21(25-27-6-5-7-28-25)33-23-20(26(38)32-18-14-36(4)34-22(18)23)24-30-16-12-19(29-13-17(16)31-24)37-10-8-35(3)9-11-37;1-14-11-17-18(12-16(14)26(37)35-9-4-5-10-35)31-24(30-17)20-22(29-15(2)23-27-7-6-8-28-23)21-19(32-25(20)36)13-34(3)33-21;1-14(23-27-7-6-8-28-23)29-22-19(25(36)31-18-13-34(2)33-21(18)22)24-30-17-12-15(11-16(26)20(17)32-24)35-9-4-3-5-10-35;;/h8-10,13-15,17,30H,4-7,11-12H2,1-3H3,(H,31,32)(H,33,37);5-7,12-15,21,33H,8-11H2,1-4H3,(H,30,31)(H,32,38);6-8,11-13,15,29H,4-5,9-10H2,1-3H3,(H,30,31)(H,32,36);6-8,11-14,29H,3-5,9-10H2,1-2H3,(H,30,32)(H,31,36);2*1H2/t17-;21-;15-;14-;;/m0000../s1. The lowest BCUT2D eigenvalue weighted by atomic mass is 10.0. The molecule has 150 heavy (non-hydrogen) atoms. The van der Waals surface area contributed by atoms with Gasteiger partial charge in [-0.3, -0.25) is 42.7 Å². The molecule has 0 unspecified atom stereocenters. The maximum Gasteiger partial charge on any atom is 0.261 e. The molecule has 0 aliphatic carbocycles. The highest BCUT2D eigenvalue weighted by atomic mass is 32.1. The Bertz CT molecular complexity index is 8580. The van der Waals surface area contributed by atoms with Gasteiger partial charge in [-0.15, -0.1) is 0 Å². The van der Waals surface area contributed by atoms with E-state index in [-0.39, 0.29) is 102 Å². The first kappa shape index (κ1) is 102. The van der Waals surface area contributed by atoms with Gasteiger partial charge >= 0.3 is 0 Å². The van der Waals surface area contributed by atoms with Crippen LogP contribution in [-0.4, -0.2) is 232 Å². The molecule has 17 aromatic heterocycles. The second kappa shape index (κ2) is 43.4. The van der Waals surface area contributed by atoms with E-state index in [1.807, 2.05) is 64.0 Å². The van der Waals surface area contributed by atoms with Crippen LogP contribution in [0.3, 0.4) is 0 Å². The second-order valence-corrected chi connectivity index (χ2v) is 38.7. The van der Waals surface area contributed by atoms with Gasteiger partial charge in [-0.05, 0) is 170 Å². The van der Waals surface area contributed by atoms with Gasteiger partial charge in [0.2, 0.25) is 0 Å². The number of nitrogens with zero attached hydrogens (tertiary/aromatic N) is 26. The molecule has 43 nitrogen and oxygen atoms in total. The molecule has 20 aromatic rings. The van der Waals surface area contributed by atoms with Gasteiger partial charge in [-0.2, -0.15) is 47.4 Å². The number of anilines is 7. The second-order valence-electron chi connectivity index (χ2n) is 38.7. The van der Waals surface area contributed by atoms with E-state index in [1.165, 1.54) is 43.0 Å². The lowest BCUT2D eigenvalue weighted by Crippen LogP contribution is -2.44. The number of H-pyrrole nitrogens is 8. The minimum atomic E-state index is -0.425. The molecule has 4 aliphatic heterocycles. The van der Waals surface area contributed by atoms with Crippen molar-refractivity contribution >= 4 is 161 Å². The molecule has 4 atom stereocenters. The average molecular weight is 2060 g/mol. The molecule has 21 heterocycles. The molecule has 774 valence electrons. The van der Waals surface area contributed by atoms with Crippen LogP contribution in [0.1, 0.15) is 161 Å². The van der Waals surface area contributed by atoms with E-state index in [2.05, 4.69) is 198 Å². The van der Waals surface area contributed by atoms with Crippen molar-refractivity contribution in [1.29, 1.82) is 0 Å². The first-order chi connectivity index (χ1) is 71.7. The number of carbonyl (C=O) groups excluding carboxylic acids is 1. The fourth-order valence-corrected chi connectivity index (χ4v) is 20.1. The molecule has 1 amide bonds. The Morgan fingerprint density at radius 3 is 1.23 bits per heavy atom. The summed E-state index contributed by atoms with van der Waals surface area (Å²) in [5, 5.41) is 32.3. The van der Waals surface area contributed by atoms with Crippen molar-refractivity contribution in [2.45, 2.75) is 130 Å². The summed E-state index contributed by atoms with van der Waals surface area (Å²) in [5.74, 6) is 4.67. The Labute approximate surface area is 871 Å². The third-order valence-corrected chi connectivity index (χ3v) is 27.6. The van der Waals surface area contributed by atoms with Crippen LogP contribution >= 0.6 is 27.0 Å². The van der Waals surface area contributed by atoms with Crippen molar-refractivity contribution in [3.63, 3.8) is 0 Å². The highest BCUT2D eigenvalue weighted by molar-refractivity contribution is 7.59. The zero-order valence-corrected chi connectivity index (χ0v) is 87.2. The summed E-state index contributed by atoms with van der Waals surface area (Å²) in [6.07, 6.45) is 32.3. The fourth-order valence-electron chi connectivity index (χ4n) is 20.1. The Hall–Kier alpha value is -16.7. The van der Waals surface area contributed by atoms with Gasteiger partial charge in [-0.25, -0.2) is 69.2 Å². The van der Waals surface area contributed by atoms with Gasteiger partial charge in [0.25, 0.3) is 28.1 Å². The predicted molar refractivity (Wildman–Crippen MR) is 591 cm³/mol. The molecule has 12 N–H and O–H groups in total. The minimum Gasteiger partial charge on any atom is -0.373 e. The van der Waals surface area contributed by atoms with E-state index in [9.17, 15) is 24.0 Å². The number of halogens is 1. The first-order valence-corrected chi connectivity index (χ1v) is 50.1. The van der Waals surface area contributed by atoms with Crippen LogP contribution < -0.4 is 58.2 Å². The van der Waals surface area contributed by atoms with Crippen LogP contribution in [0.2, 0.25) is 0 Å². The number of aryl methyl sites for hydroxylation is 6. The zero-order valence-electron chi connectivity index (χ0n) is 85.2. The summed E-state index contributed by atoms with van der Waals surface area (Å²) < 4.78 is 21.8. The van der Waals surface area contributed by atoms with E-state index in [0.29, 0.717) is 141 Å². The maximum absolute atomic E-state index is 15.2. The largest absolute Gasteiger partial charge is 0.373 e. The number of nitrogens with one attached hydrogen (secondary N) is 12. The van der Waals surface area contributed by atoms with Gasteiger partial charge in [0, 0.05) is 191 Å².